The van der Waals surface area contributed by atoms with E-state index in [1.165, 1.54) is 11.8 Å². The van der Waals surface area contributed by atoms with Gasteiger partial charge in [0.15, 0.2) is 11.4 Å². The van der Waals surface area contributed by atoms with E-state index < -0.39 is 0 Å². The van der Waals surface area contributed by atoms with Crippen LogP contribution in [0.1, 0.15) is 11.7 Å². The number of aryl methyl sites for hydroxylation is 1. The lowest BCUT2D eigenvalue weighted by atomic mass is 10.3. The van der Waals surface area contributed by atoms with Gasteiger partial charge < -0.3 is 8.94 Å². The molecular weight excluding hydrogens is 238 g/mol. The fourth-order valence-corrected chi connectivity index (χ4v) is 2.11. The molecule has 0 unspecified atom stereocenters. The average molecular weight is 247 g/mol. The van der Waals surface area contributed by atoms with E-state index in [9.17, 15) is 0 Å². The Labute approximate surface area is 101 Å². The summed E-state index contributed by atoms with van der Waals surface area (Å²) >= 11 is 1.44. The van der Waals surface area contributed by atoms with Gasteiger partial charge in [-0.05, 0) is 19.1 Å². The highest BCUT2D eigenvalue weighted by Crippen LogP contribution is 2.25. The van der Waals surface area contributed by atoms with Crippen LogP contribution in [0.3, 0.4) is 0 Å². The monoisotopic (exact) mass is 247 g/mol. The third-order valence-electron chi connectivity index (χ3n) is 2.16. The fraction of sp³-hybridized carbons (Fsp3) is 0.182. The third-order valence-corrected chi connectivity index (χ3v) is 2.98. The molecule has 0 aliphatic carbocycles. The molecule has 1 aromatic carbocycles. The number of oxazole rings is 1. The van der Waals surface area contributed by atoms with E-state index in [0.29, 0.717) is 22.7 Å². The minimum absolute atomic E-state index is 0.563. The van der Waals surface area contributed by atoms with E-state index in [0.717, 1.165) is 11.1 Å². The van der Waals surface area contributed by atoms with Crippen molar-refractivity contribution < 1.29 is 8.94 Å². The first-order chi connectivity index (χ1) is 8.31. The number of thioether (sulfide) groups is 1. The number of fused-ring (bicyclic) bond motifs is 1. The summed E-state index contributed by atoms with van der Waals surface area (Å²) in [5.74, 6) is 1.78. The van der Waals surface area contributed by atoms with Gasteiger partial charge in [-0.15, -0.1) is 0 Å². The molecule has 3 rings (SSSR count). The summed E-state index contributed by atoms with van der Waals surface area (Å²) in [5.41, 5.74) is 1.65. The van der Waals surface area contributed by atoms with Gasteiger partial charge in [-0.25, -0.2) is 4.98 Å². The summed E-state index contributed by atoms with van der Waals surface area (Å²) in [4.78, 5) is 8.45. The van der Waals surface area contributed by atoms with Crippen LogP contribution in [0.4, 0.5) is 0 Å². The van der Waals surface area contributed by atoms with Gasteiger partial charge in [0, 0.05) is 0 Å². The minimum atomic E-state index is 0.563. The lowest BCUT2D eigenvalue weighted by Crippen LogP contribution is -1.80. The summed E-state index contributed by atoms with van der Waals surface area (Å²) in [6.45, 7) is 1.79. The first-order valence-corrected chi connectivity index (χ1v) is 6.07. The molecule has 2 heterocycles. The summed E-state index contributed by atoms with van der Waals surface area (Å²) in [6, 6.07) is 7.66. The molecule has 0 spiro atoms. The molecular formula is C11H9N3O2S. The fourth-order valence-electron chi connectivity index (χ4n) is 1.43. The topological polar surface area (TPSA) is 65.0 Å². The number of hydrogen-bond donors (Lipinski definition) is 0. The lowest BCUT2D eigenvalue weighted by Gasteiger charge is -1.89. The Morgan fingerprint density at radius 1 is 1.24 bits per heavy atom. The Hall–Kier alpha value is -1.82. The predicted molar refractivity (Wildman–Crippen MR) is 62.6 cm³/mol. The second kappa shape index (κ2) is 4.21. The van der Waals surface area contributed by atoms with Crippen molar-refractivity contribution in [3.05, 3.63) is 36.0 Å². The van der Waals surface area contributed by atoms with E-state index in [1.807, 2.05) is 24.3 Å². The van der Waals surface area contributed by atoms with Crippen molar-refractivity contribution in [3.8, 4) is 0 Å². The quantitative estimate of drug-likeness (QED) is 0.663. The molecule has 3 aromatic rings. The average Bonchev–Trinajstić information content (AvgIpc) is 2.91. The van der Waals surface area contributed by atoms with Crippen LogP contribution in [-0.4, -0.2) is 15.1 Å². The minimum Gasteiger partial charge on any atom is -0.431 e. The number of rotatable bonds is 3. The number of benzene rings is 1. The summed E-state index contributed by atoms with van der Waals surface area (Å²) in [7, 11) is 0. The molecule has 0 saturated carbocycles. The van der Waals surface area contributed by atoms with Crippen LogP contribution in [0.15, 0.2) is 38.4 Å². The number of hydrogen-bond acceptors (Lipinski definition) is 6. The van der Waals surface area contributed by atoms with Crippen molar-refractivity contribution in [1.82, 2.24) is 15.1 Å². The van der Waals surface area contributed by atoms with Crippen molar-refractivity contribution >= 4 is 22.9 Å². The number of nitrogens with zero attached hydrogens (tertiary/aromatic N) is 3. The van der Waals surface area contributed by atoms with Crippen molar-refractivity contribution in [2.24, 2.45) is 0 Å². The van der Waals surface area contributed by atoms with Crippen molar-refractivity contribution in [3.63, 3.8) is 0 Å². The molecule has 2 aromatic heterocycles. The maximum absolute atomic E-state index is 5.56. The number of aromatic nitrogens is 3. The zero-order valence-electron chi connectivity index (χ0n) is 9.08. The summed E-state index contributed by atoms with van der Waals surface area (Å²) in [6.07, 6.45) is 0. The van der Waals surface area contributed by atoms with Gasteiger partial charge in [0.1, 0.15) is 5.52 Å². The third kappa shape index (κ3) is 2.16. The largest absolute Gasteiger partial charge is 0.431 e. The highest BCUT2D eigenvalue weighted by molar-refractivity contribution is 7.98. The molecule has 0 N–H and O–H groups in total. The summed E-state index contributed by atoms with van der Waals surface area (Å²) < 4.78 is 10.6. The van der Waals surface area contributed by atoms with Crippen LogP contribution < -0.4 is 0 Å². The van der Waals surface area contributed by atoms with E-state index in [2.05, 4.69) is 15.1 Å². The maximum Gasteiger partial charge on any atom is 0.257 e. The second-order valence-corrected chi connectivity index (χ2v) is 4.40. The maximum atomic E-state index is 5.56. The van der Waals surface area contributed by atoms with Crippen molar-refractivity contribution in [2.45, 2.75) is 17.9 Å². The van der Waals surface area contributed by atoms with Crippen molar-refractivity contribution in [1.29, 1.82) is 0 Å². The van der Waals surface area contributed by atoms with Gasteiger partial charge in [0.2, 0.25) is 5.89 Å². The van der Waals surface area contributed by atoms with Crippen LogP contribution >= 0.6 is 11.8 Å². The zero-order valence-corrected chi connectivity index (χ0v) is 9.90. The molecule has 0 aliphatic rings. The highest BCUT2D eigenvalue weighted by Gasteiger charge is 2.08. The van der Waals surface area contributed by atoms with Crippen LogP contribution in [0.5, 0.6) is 0 Å². The molecule has 17 heavy (non-hydrogen) atoms. The van der Waals surface area contributed by atoms with Crippen LogP contribution in [0.2, 0.25) is 0 Å². The zero-order chi connectivity index (χ0) is 11.7. The summed E-state index contributed by atoms with van der Waals surface area (Å²) in [5, 5.41) is 4.33. The highest BCUT2D eigenvalue weighted by atomic mass is 32.2. The molecule has 0 atom stereocenters. The second-order valence-electron chi connectivity index (χ2n) is 3.47. The Morgan fingerprint density at radius 2 is 2.12 bits per heavy atom. The first-order valence-electron chi connectivity index (χ1n) is 5.09. The molecule has 86 valence electrons. The molecule has 0 saturated heterocycles. The van der Waals surface area contributed by atoms with E-state index >= 15 is 0 Å². The normalized spacial score (nSPS) is 11.1. The lowest BCUT2D eigenvalue weighted by molar-refractivity contribution is 0.386. The molecule has 0 aliphatic heterocycles. The van der Waals surface area contributed by atoms with Gasteiger partial charge in [-0.3, -0.25) is 0 Å². The van der Waals surface area contributed by atoms with Gasteiger partial charge >= 0.3 is 0 Å². The van der Waals surface area contributed by atoms with Crippen molar-refractivity contribution in [2.75, 3.05) is 0 Å². The van der Waals surface area contributed by atoms with Gasteiger partial charge in [0.05, 0.1) is 5.75 Å². The molecule has 0 amide bonds. The number of para-hydroxylation sites is 2. The van der Waals surface area contributed by atoms with Gasteiger partial charge in [-0.1, -0.05) is 29.1 Å². The van der Waals surface area contributed by atoms with E-state index in [1.54, 1.807) is 6.92 Å². The molecule has 0 bridgehead atoms. The van der Waals surface area contributed by atoms with Gasteiger partial charge in [-0.2, -0.15) is 4.98 Å². The Morgan fingerprint density at radius 3 is 2.88 bits per heavy atom. The van der Waals surface area contributed by atoms with E-state index in [4.69, 9.17) is 8.94 Å². The Kier molecular flexibility index (Phi) is 2.56. The Balaban J connectivity index is 1.76. The molecule has 0 radical (unpaired) electrons. The standard InChI is InChI=1S/C11H9N3O2S/c1-7-12-10(16-14-7)6-17-11-13-8-4-2-3-5-9(8)15-11/h2-5H,6H2,1H3. The Bertz CT molecular complexity index is 614. The molecule has 0 fully saturated rings. The van der Waals surface area contributed by atoms with E-state index in [-0.39, 0.29) is 0 Å². The first kappa shape index (κ1) is 10.3. The predicted octanol–water partition coefficient (Wildman–Crippen LogP) is 2.81. The smallest absolute Gasteiger partial charge is 0.257 e. The van der Waals surface area contributed by atoms with Gasteiger partial charge in [0.25, 0.3) is 5.22 Å². The molecule has 6 heteroatoms. The molecule has 5 nitrogen and oxygen atoms in total. The van der Waals surface area contributed by atoms with Crippen LogP contribution in [0.25, 0.3) is 11.1 Å². The SMILES string of the molecule is Cc1noc(CSc2nc3ccccc3o2)n1. The van der Waals surface area contributed by atoms with Crippen LogP contribution in [-0.2, 0) is 5.75 Å². The van der Waals surface area contributed by atoms with Crippen LogP contribution in [0, 0.1) is 6.92 Å².